The van der Waals surface area contributed by atoms with Gasteiger partial charge in [-0.2, -0.15) is 0 Å². The Morgan fingerprint density at radius 2 is 1.59 bits per heavy atom. The summed E-state index contributed by atoms with van der Waals surface area (Å²) in [5.41, 5.74) is 4.07. The highest BCUT2D eigenvalue weighted by molar-refractivity contribution is 6.21. The molecule has 0 unspecified atom stereocenters. The van der Waals surface area contributed by atoms with Crippen molar-refractivity contribution in [2.45, 2.75) is 13.8 Å². The van der Waals surface area contributed by atoms with E-state index in [4.69, 9.17) is 0 Å². The SMILES string of the molecule is Cc1ccc2c(c1)C(=O)c1cc(C)cc(F)c1-2. The third-order valence-corrected chi connectivity index (χ3v) is 3.17. The summed E-state index contributed by atoms with van der Waals surface area (Å²) >= 11 is 0. The monoisotopic (exact) mass is 226 g/mol. The second-order valence-corrected chi connectivity index (χ2v) is 4.55. The summed E-state index contributed by atoms with van der Waals surface area (Å²) in [6.07, 6.45) is 0. The summed E-state index contributed by atoms with van der Waals surface area (Å²) in [5.74, 6) is -0.378. The molecular formula is C15H11FO. The van der Waals surface area contributed by atoms with Gasteiger partial charge in [0.1, 0.15) is 5.82 Å². The van der Waals surface area contributed by atoms with Crippen LogP contribution in [0.15, 0.2) is 30.3 Å². The molecule has 0 fully saturated rings. The van der Waals surface area contributed by atoms with Crippen LogP contribution in [0.25, 0.3) is 11.1 Å². The van der Waals surface area contributed by atoms with Crippen molar-refractivity contribution in [2.24, 2.45) is 0 Å². The number of hydrogen-bond acceptors (Lipinski definition) is 1. The zero-order chi connectivity index (χ0) is 12.2. The summed E-state index contributed by atoms with van der Waals surface area (Å²) < 4.78 is 14.0. The highest BCUT2D eigenvalue weighted by Gasteiger charge is 2.29. The van der Waals surface area contributed by atoms with Gasteiger partial charge in [-0.3, -0.25) is 4.79 Å². The number of ketones is 1. The molecule has 0 saturated heterocycles. The minimum Gasteiger partial charge on any atom is -0.289 e. The zero-order valence-electron chi connectivity index (χ0n) is 9.67. The molecule has 1 aliphatic carbocycles. The fraction of sp³-hybridized carbons (Fsp3) is 0.133. The van der Waals surface area contributed by atoms with Gasteiger partial charge >= 0.3 is 0 Å². The van der Waals surface area contributed by atoms with Crippen LogP contribution in [0.1, 0.15) is 27.0 Å². The summed E-state index contributed by atoms with van der Waals surface area (Å²) in [6, 6.07) is 8.79. The second-order valence-electron chi connectivity index (χ2n) is 4.55. The molecule has 0 heterocycles. The van der Waals surface area contributed by atoms with Gasteiger partial charge in [-0.05, 0) is 43.2 Å². The number of benzene rings is 2. The van der Waals surface area contributed by atoms with Gasteiger partial charge in [0.25, 0.3) is 0 Å². The van der Waals surface area contributed by atoms with E-state index < -0.39 is 0 Å². The van der Waals surface area contributed by atoms with Gasteiger partial charge < -0.3 is 0 Å². The summed E-state index contributed by atoms with van der Waals surface area (Å²) in [5, 5.41) is 0. The molecule has 0 N–H and O–H groups in total. The molecule has 0 atom stereocenters. The van der Waals surface area contributed by atoms with Gasteiger partial charge in [-0.15, -0.1) is 0 Å². The number of carbonyl (C=O) groups excluding carboxylic acids is 1. The number of fused-ring (bicyclic) bond motifs is 3. The normalized spacial score (nSPS) is 12.5. The fourth-order valence-corrected chi connectivity index (χ4v) is 2.40. The van der Waals surface area contributed by atoms with E-state index in [2.05, 4.69) is 0 Å². The first-order valence-corrected chi connectivity index (χ1v) is 5.54. The molecule has 0 aliphatic heterocycles. The molecule has 0 saturated carbocycles. The molecule has 0 amide bonds. The van der Waals surface area contributed by atoms with Gasteiger partial charge in [0.05, 0.1) is 0 Å². The van der Waals surface area contributed by atoms with Crippen LogP contribution in [-0.4, -0.2) is 5.78 Å². The van der Waals surface area contributed by atoms with Crippen LogP contribution in [0, 0.1) is 19.7 Å². The Bertz CT molecular complexity index is 656. The van der Waals surface area contributed by atoms with E-state index in [1.54, 1.807) is 13.0 Å². The Morgan fingerprint density at radius 3 is 2.35 bits per heavy atom. The first-order chi connectivity index (χ1) is 8.08. The van der Waals surface area contributed by atoms with Crippen molar-refractivity contribution in [3.8, 4) is 11.1 Å². The standard InChI is InChI=1S/C15H11FO/c1-8-3-4-10-11(5-8)15(17)12-6-9(2)7-13(16)14(10)12/h3-7H,1-2H3. The van der Waals surface area contributed by atoms with E-state index in [-0.39, 0.29) is 11.6 Å². The number of carbonyl (C=O) groups is 1. The van der Waals surface area contributed by atoms with Gasteiger partial charge in [-0.1, -0.05) is 17.7 Å². The second kappa shape index (κ2) is 3.27. The topological polar surface area (TPSA) is 17.1 Å². The van der Waals surface area contributed by atoms with E-state index in [0.717, 1.165) is 11.1 Å². The Kier molecular flexibility index (Phi) is 1.96. The van der Waals surface area contributed by atoms with Crippen LogP contribution in [-0.2, 0) is 0 Å². The first-order valence-electron chi connectivity index (χ1n) is 5.54. The van der Waals surface area contributed by atoms with Crippen LogP contribution < -0.4 is 0 Å². The molecule has 3 rings (SSSR count). The van der Waals surface area contributed by atoms with E-state index in [1.807, 2.05) is 25.1 Å². The molecule has 0 radical (unpaired) electrons. The molecule has 0 bridgehead atoms. The Hall–Kier alpha value is -1.96. The summed E-state index contributed by atoms with van der Waals surface area (Å²) in [7, 11) is 0. The van der Waals surface area contributed by atoms with Crippen LogP contribution in [0.4, 0.5) is 4.39 Å². The third kappa shape index (κ3) is 1.34. The number of halogens is 1. The number of rotatable bonds is 0. The van der Waals surface area contributed by atoms with Crippen molar-refractivity contribution in [2.75, 3.05) is 0 Å². The lowest BCUT2D eigenvalue weighted by Crippen LogP contribution is -1.96. The number of aryl methyl sites for hydroxylation is 2. The Morgan fingerprint density at radius 1 is 0.882 bits per heavy atom. The lowest BCUT2D eigenvalue weighted by atomic mass is 10.0. The van der Waals surface area contributed by atoms with Gasteiger partial charge in [-0.25, -0.2) is 4.39 Å². The zero-order valence-corrected chi connectivity index (χ0v) is 9.67. The minimum atomic E-state index is -0.309. The summed E-state index contributed by atoms with van der Waals surface area (Å²) in [6.45, 7) is 3.73. The van der Waals surface area contributed by atoms with E-state index in [0.29, 0.717) is 22.3 Å². The lowest BCUT2D eigenvalue weighted by Gasteiger charge is -2.03. The molecule has 2 aromatic carbocycles. The average molecular weight is 226 g/mol. The first kappa shape index (κ1) is 10.2. The van der Waals surface area contributed by atoms with Crippen molar-refractivity contribution >= 4 is 5.78 Å². The molecule has 0 spiro atoms. The Labute approximate surface area is 98.9 Å². The predicted molar refractivity (Wildman–Crippen MR) is 64.7 cm³/mol. The molecular weight excluding hydrogens is 215 g/mol. The molecule has 1 aliphatic rings. The third-order valence-electron chi connectivity index (χ3n) is 3.17. The smallest absolute Gasteiger partial charge is 0.194 e. The molecule has 2 heteroatoms. The van der Waals surface area contributed by atoms with Gasteiger partial charge in [0, 0.05) is 16.7 Å². The van der Waals surface area contributed by atoms with Crippen molar-refractivity contribution in [3.63, 3.8) is 0 Å². The van der Waals surface area contributed by atoms with Crippen molar-refractivity contribution < 1.29 is 9.18 Å². The van der Waals surface area contributed by atoms with Crippen LogP contribution in [0.2, 0.25) is 0 Å². The molecule has 17 heavy (non-hydrogen) atoms. The number of hydrogen-bond donors (Lipinski definition) is 0. The highest BCUT2D eigenvalue weighted by Crippen LogP contribution is 2.39. The van der Waals surface area contributed by atoms with E-state index >= 15 is 0 Å². The minimum absolute atomic E-state index is 0.0682. The van der Waals surface area contributed by atoms with Gasteiger partial charge in [0.2, 0.25) is 0 Å². The maximum atomic E-state index is 14.0. The predicted octanol–water partition coefficient (Wildman–Crippen LogP) is 3.65. The highest BCUT2D eigenvalue weighted by atomic mass is 19.1. The largest absolute Gasteiger partial charge is 0.289 e. The van der Waals surface area contributed by atoms with E-state index in [9.17, 15) is 9.18 Å². The van der Waals surface area contributed by atoms with Crippen LogP contribution in [0.3, 0.4) is 0 Å². The Balaban J connectivity index is 2.39. The molecule has 1 nitrogen and oxygen atoms in total. The van der Waals surface area contributed by atoms with Crippen molar-refractivity contribution in [3.05, 3.63) is 58.4 Å². The van der Waals surface area contributed by atoms with Crippen molar-refractivity contribution in [1.82, 2.24) is 0 Å². The molecule has 84 valence electrons. The average Bonchev–Trinajstić information content (AvgIpc) is 2.53. The maximum Gasteiger partial charge on any atom is 0.194 e. The lowest BCUT2D eigenvalue weighted by molar-refractivity contribution is 0.104. The van der Waals surface area contributed by atoms with E-state index in [1.165, 1.54) is 6.07 Å². The van der Waals surface area contributed by atoms with Crippen molar-refractivity contribution in [1.29, 1.82) is 0 Å². The molecule has 2 aromatic rings. The quantitative estimate of drug-likeness (QED) is 0.571. The van der Waals surface area contributed by atoms with Gasteiger partial charge in [0.15, 0.2) is 5.78 Å². The maximum absolute atomic E-state index is 14.0. The summed E-state index contributed by atoms with van der Waals surface area (Å²) in [4.78, 5) is 12.2. The van der Waals surface area contributed by atoms with Crippen LogP contribution >= 0.6 is 0 Å². The van der Waals surface area contributed by atoms with Crippen LogP contribution in [0.5, 0.6) is 0 Å². The molecule has 0 aromatic heterocycles. The fourth-order valence-electron chi connectivity index (χ4n) is 2.40.